The molecule has 90 valence electrons. The molecule has 1 saturated heterocycles. The number of piperidine rings is 1. The maximum Gasteiger partial charge on any atom is 0.153 e. The topological polar surface area (TPSA) is 53.6 Å². The summed E-state index contributed by atoms with van der Waals surface area (Å²) in [6.07, 6.45) is 4.93. The molecule has 1 aromatic heterocycles. The van der Waals surface area contributed by atoms with E-state index in [-0.39, 0.29) is 0 Å². The second-order valence-corrected chi connectivity index (χ2v) is 5.05. The Morgan fingerprint density at radius 1 is 1.44 bits per heavy atom. The van der Waals surface area contributed by atoms with Crippen molar-refractivity contribution >= 4 is 0 Å². The lowest BCUT2D eigenvalue weighted by molar-refractivity contribution is 0.356. The summed E-state index contributed by atoms with van der Waals surface area (Å²) in [6, 6.07) is 0. The van der Waals surface area contributed by atoms with Crippen LogP contribution in [-0.4, -0.2) is 28.3 Å². The summed E-state index contributed by atoms with van der Waals surface area (Å²) in [5.74, 6) is 3.23. The maximum absolute atomic E-state index is 4.51. The SMILES string of the molecule is CC(C)c1n[nH]c(CCC2CCCNC2)n1. The van der Waals surface area contributed by atoms with E-state index in [2.05, 4.69) is 34.3 Å². The summed E-state index contributed by atoms with van der Waals surface area (Å²) < 4.78 is 0. The molecule has 0 bridgehead atoms. The zero-order valence-corrected chi connectivity index (χ0v) is 10.3. The van der Waals surface area contributed by atoms with E-state index in [4.69, 9.17) is 0 Å². The van der Waals surface area contributed by atoms with Crippen LogP contribution in [0.4, 0.5) is 0 Å². The average Bonchev–Trinajstić information content (AvgIpc) is 2.76. The molecule has 4 heteroatoms. The molecule has 1 unspecified atom stereocenters. The van der Waals surface area contributed by atoms with Gasteiger partial charge in [-0.1, -0.05) is 13.8 Å². The van der Waals surface area contributed by atoms with Crippen LogP contribution in [0.2, 0.25) is 0 Å². The minimum absolute atomic E-state index is 0.418. The second kappa shape index (κ2) is 5.43. The number of aromatic nitrogens is 3. The molecule has 1 fully saturated rings. The van der Waals surface area contributed by atoms with Crippen LogP contribution in [0.25, 0.3) is 0 Å². The van der Waals surface area contributed by atoms with Crippen LogP contribution in [-0.2, 0) is 6.42 Å². The number of aryl methyl sites for hydroxylation is 1. The third-order valence-corrected chi connectivity index (χ3v) is 3.25. The van der Waals surface area contributed by atoms with Gasteiger partial charge < -0.3 is 5.32 Å². The molecule has 0 aromatic carbocycles. The number of hydrogen-bond acceptors (Lipinski definition) is 3. The molecule has 1 aliphatic heterocycles. The van der Waals surface area contributed by atoms with Gasteiger partial charge in [0.05, 0.1) is 0 Å². The van der Waals surface area contributed by atoms with Gasteiger partial charge in [0.2, 0.25) is 0 Å². The van der Waals surface area contributed by atoms with Crippen LogP contribution in [0.1, 0.15) is 50.7 Å². The zero-order chi connectivity index (χ0) is 11.4. The number of rotatable bonds is 4. The number of H-pyrrole nitrogens is 1. The number of aromatic amines is 1. The van der Waals surface area contributed by atoms with Crippen molar-refractivity contribution in [3.63, 3.8) is 0 Å². The van der Waals surface area contributed by atoms with Gasteiger partial charge >= 0.3 is 0 Å². The normalized spacial score (nSPS) is 21.6. The van der Waals surface area contributed by atoms with Crippen molar-refractivity contribution in [2.45, 2.75) is 45.4 Å². The summed E-state index contributed by atoms with van der Waals surface area (Å²) in [5, 5.41) is 10.7. The van der Waals surface area contributed by atoms with E-state index in [0.717, 1.165) is 24.0 Å². The smallest absolute Gasteiger partial charge is 0.153 e. The Hall–Kier alpha value is -0.900. The van der Waals surface area contributed by atoms with Crippen molar-refractivity contribution in [1.82, 2.24) is 20.5 Å². The van der Waals surface area contributed by atoms with Crippen LogP contribution < -0.4 is 5.32 Å². The summed E-state index contributed by atoms with van der Waals surface area (Å²) >= 11 is 0. The molecule has 0 amide bonds. The first-order valence-corrected chi connectivity index (χ1v) is 6.37. The molecule has 2 heterocycles. The highest BCUT2D eigenvalue weighted by Crippen LogP contribution is 2.16. The first kappa shape index (κ1) is 11.6. The summed E-state index contributed by atoms with van der Waals surface area (Å²) in [5.41, 5.74) is 0. The van der Waals surface area contributed by atoms with Crippen LogP contribution >= 0.6 is 0 Å². The van der Waals surface area contributed by atoms with Crippen molar-refractivity contribution < 1.29 is 0 Å². The van der Waals surface area contributed by atoms with Crippen molar-refractivity contribution in [3.05, 3.63) is 11.6 Å². The summed E-state index contributed by atoms with van der Waals surface area (Å²) in [4.78, 5) is 4.51. The van der Waals surface area contributed by atoms with E-state index in [0.29, 0.717) is 5.92 Å². The molecule has 1 atom stereocenters. The number of hydrogen-bond donors (Lipinski definition) is 2. The highest BCUT2D eigenvalue weighted by molar-refractivity contribution is 4.95. The average molecular weight is 222 g/mol. The molecule has 0 radical (unpaired) electrons. The van der Waals surface area contributed by atoms with Crippen LogP contribution in [0.15, 0.2) is 0 Å². The molecule has 2 rings (SSSR count). The lowest BCUT2D eigenvalue weighted by Gasteiger charge is -2.21. The van der Waals surface area contributed by atoms with Crippen LogP contribution in [0.3, 0.4) is 0 Å². The highest BCUT2D eigenvalue weighted by Gasteiger charge is 2.14. The van der Waals surface area contributed by atoms with Gasteiger partial charge in [-0.3, -0.25) is 5.10 Å². The fraction of sp³-hybridized carbons (Fsp3) is 0.833. The number of nitrogens with zero attached hydrogens (tertiary/aromatic N) is 2. The number of nitrogens with one attached hydrogen (secondary N) is 2. The molecule has 1 aliphatic rings. The molecular weight excluding hydrogens is 200 g/mol. The third-order valence-electron chi connectivity index (χ3n) is 3.25. The third kappa shape index (κ3) is 3.04. The van der Waals surface area contributed by atoms with E-state index in [9.17, 15) is 0 Å². The lowest BCUT2D eigenvalue weighted by atomic mass is 9.95. The van der Waals surface area contributed by atoms with E-state index < -0.39 is 0 Å². The molecule has 1 aromatic rings. The molecule has 0 saturated carbocycles. The summed E-state index contributed by atoms with van der Waals surface area (Å²) in [7, 11) is 0. The van der Waals surface area contributed by atoms with Gasteiger partial charge in [0.1, 0.15) is 5.82 Å². The predicted molar refractivity (Wildman–Crippen MR) is 64.4 cm³/mol. The summed E-state index contributed by atoms with van der Waals surface area (Å²) in [6.45, 7) is 6.61. The minimum atomic E-state index is 0.418. The van der Waals surface area contributed by atoms with Crippen LogP contribution in [0, 0.1) is 5.92 Å². The molecular formula is C12H22N4. The van der Waals surface area contributed by atoms with Gasteiger partial charge in [-0.15, -0.1) is 0 Å². The Morgan fingerprint density at radius 2 is 2.31 bits per heavy atom. The predicted octanol–water partition coefficient (Wildman–Crippen LogP) is 1.86. The molecule has 0 spiro atoms. The van der Waals surface area contributed by atoms with Gasteiger partial charge in [0.15, 0.2) is 5.82 Å². The van der Waals surface area contributed by atoms with Crippen molar-refractivity contribution in [3.8, 4) is 0 Å². The highest BCUT2D eigenvalue weighted by atomic mass is 15.2. The molecule has 0 aliphatic carbocycles. The Kier molecular flexibility index (Phi) is 3.93. The van der Waals surface area contributed by atoms with Crippen LogP contribution in [0.5, 0.6) is 0 Å². The fourth-order valence-corrected chi connectivity index (χ4v) is 2.19. The quantitative estimate of drug-likeness (QED) is 0.817. The van der Waals surface area contributed by atoms with E-state index in [1.54, 1.807) is 0 Å². The van der Waals surface area contributed by atoms with Crippen molar-refractivity contribution in [2.24, 2.45) is 5.92 Å². The second-order valence-electron chi connectivity index (χ2n) is 5.05. The van der Waals surface area contributed by atoms with Crippen molar-refractivity contribution in [1.29, 1.82) is 0 Å². The van der Waals surface area contributed by atoms with E-state index >= 15 is 0 Å². The van der Waals surface area contributed by atoms with Gasteiger partial charge in [0.25, 0.3) is 0 Å². The van der Waals surface area contributed by atoms with E-state index in [1.165, 1.54) is 32.4 Å². The largest absolute Gasteiger partial charge is 0.316 e. The Labute approximate surface area is 97.2 Å². The first-order chi connectivity index (χ1) is 7.75. The van der Waals surface area contributed by atoms with Crippen molar-refractivity contribution in [2.75, 3.05) is 13.1 Å². The van der Waals surface area contributed by atoms with Gasteiger partial charge in [-0.05, 0) is 38.3 Å². The zero-order valence-electron chi connectivity index (χ0n) is 10.3. The lowest BCUT2D eigenvalue weighted by Crippen LogP contribution is -2.30. The Balaban J connectivity index is 1.79. The molecule has 2 N–H and O–H groups in total. The maximum atomic E-state index is 4.51. The monoisotopic (exact) mass is 222 g/mol. The Bertz CT molecular complexity index is 313. The fourth-order valence-electron chi connectivity index (χ4n) is 2.19. The molecule has 16 heavy (non-hydrogen) atoms. The molecule has 4 nitrogen and oxygen atoms in total. The Morgan fingerprint density at radius 3 is 2.94 bits per heavy atom. The first-order valence-electron chi connectivity index (χ1n) is 6.37. The van der Waals surface area contributed by atoms with E-state index in [1.807, 2.05) is 0 Å². The van der Waals surface area contributed by atoms with Gasteiger partial charge in [-0.25, -0.2) is 4.98 Å². The minimum Gasteiger partial charge on any atom is -0.316 e. The van der Waals surface area contributed by atoms with Gasteiger partial charge in [0, 0.05) is 12.3 Å². The standard InChI is InChI=1S/C12H22N4/c1-9(2)12-14-11(15-16-12)6-5-10-4-3-7-13-8-10/h9-10,13H,3-8H2,1-2H3,(H,14,15,16). The van der Waals surface area contributed by atoms with Gasteiger partial charge in [-0.2, -0.15) is 5.10 Å².